The number of hydrogen-bond donors (Lipinski definition) is 1. The molecule has 0 unspecified atom stereocenters. The van der Waals surface area contributed by atoms with Gasteiger partial charge in [0.05, 0.1) is 17.8 Å². The van der Waals surface area contributed by atoms with Crippen molar-refractivity contribution in [3.63, 3.8) is 0 Å². The number of benzene rings is 2. The van der Waals surface area contributed by atoms with E-state index in [-0.39, 0.29) is 5.91 Å². The van der Waals surface area contributed by atoms with Crippen LogP contribution in [0.4, 0.5) is 5.69 Å². The first-order chi connectivity index (χ1) is 12.3. The molecule has 1 saturated heterocycles. The smallest absolute Gasteiger partial charge is 0.255 e. The Morgan fingerprint density at radius 3 is 2.64 bits per heavy atom. The fraction of sp³-hybridized carbons (Fsp3) is 0.316. The SMILES string of the molecule is O=C(Nc1cccc(C2SCCS2)c1)c1ccc2c(c1)OCCCO2. The second kappa shape index (κ2) is 7.62. The highest BCUT2D eigenvalue weighted by Crippen LogP contribution is 2.45. The van der Waals surface area contributed by atoms with Gasteiger partial charge in [-0.2, -0.15) is 0 Å². The van der Waals surface area contributed by atoms with Crippen LogP contribution in [0.25, 0.3) is 0 Å². The third-order valence-electron chi connectivity index (χ3n) is 4.05. The molecule has 6 heteroatoms. The van der Waals surface area contributed by atoms with Crippen LogP contribution in [0.3, 0.4) is 0 Å². The summed E-state index contributed by atoms with van der Waals surface area (Å²) < 4.78 is 11.7. The van der Waals surface area contributed by atoms with E-state index >= 15 is 0 Å². The first-order valence-electron chi connectivity index (χ1n) is 8.34. The zero-order valence-corrected chi connectivity index (χ0v) is 15.3. The molecule has 1 amide bonds. The summed E-state index contributed by atoms with van der Waals surface area (Å²) in [5.41, 5.74) is 2.64. The van der Waals surface area contributed by atoms with Crippen LogP contribution in [-0.4, -0.2) is 30.6 Å². The molecule has 0 bridgehead atoms. The summed E-state index contributed by atoms with van der Waals surface area (Å²) >= 11 is 3.91. The van der Waals surface area contributed by atoms with Gasteiger partial charge in [0, 0.05) is 29.2 Å². The molecule has 0 saturated carbocycles. The van der Waals surface area contributed by atoms with Crippen molar-refractivity contribution in [2.24, 2.45) is 0 Å². The zero-order valence-electron chi connectivity index (χ0n) is 13.7. The summed E-state index contributed by atoms with van der Waals surface area (Å²) in [7, 11) is 0. The quantitative estimate of drug-likeness (QED) is 0.853. The molecule has 1 N–H and O–H groups in total. The number of nitrogens with one attached hydrogen (secondary N) is 1. The molecule has 0 aliphatic carbocycles. The number of carbonyl (C=O) groups is 1. The average Bonchev–Trinajstić information content (AvgIpc) is 3.07. The highest BCUT2D eigenvalue weighted by atomic mass is 32.2. The predicted molar refractivity (Wildman–Crippen MR) is 104 cm³/mol. The molecule has 0 radical (unpaired) electrons. The summed E-state index contributed by atoms with van der Waals surface area (Å²) in [6, 6.07) is 13.4. The molecule has 4 nitrogen and oxygen atoms in total. The van der Waals surface area contributed by atoms with Crippen molar-refractivity contribution in [1.82, 2.24) is 0 Å². The summed E-state index contributed by atoms with van der Waals surface area (Å²) in [6.45, 7) is 1.25. The van der Waals surface area contributed by atoms with E-state index in [1.54, 1.807) is 18.2 Å². The number of hydrogen-bond acceptors (Lipinski definition) is 5. The van der Waals surface area contributed by atoms with Crippen molar-refractivity contribution in [3.8, 4) is 11.5 Å². The summed E-state index contributed by atoms with van der Waals surface area (Å²) in [6.07, 6.45) is 0.847. The molecule has 0 spiro atoms. The minimum absolute atomic E-state index is 0.139. The van der Waals surface area contributed by atoms with Crippen LogP contribution < -0.4 is 14.8 Å². The highest BCUT2D eigenvalue weighted by Gasteiger charge is 2.19. The minimum atomic E-state index is -0.139. The Kier molecular flexibility index (Phi) is 5.08. The molecule has 2 aliphatic rings. The van der Waals surface area contributed by atoms with Crippen LogP contribution in [0.5, 0.6) is 11.5 Å². The summed E-state index contributed by atoms with van der Waals surface area (Å²) in [5, 5.41) is 2.99. The molecular formula is C19H19NO3S2. The van der Waals surface area contributed by atoms with Gasteiger partial charge >= 0.3 is 0 Å². The topological polar surface area (TPSA) is 47.6 Å². The van der Waals surface area contributed by atoms with Gasteiger partial charge in [-0.1, -0.05) is 12.1 Å². The number of rotatable bonds is 3. The Hall–Kier alpha value is -1.79. The van der Waals surface area contributed by atoms with Crippen molar-refractivity contribution in [1.29, 1.82) is 0 Å². The average molecular weight is 373 g/mol. The van der Waals surface area contributed by atoms with Gasteiger partial charge < -0.3 is 14.8 Å². The van der Waals surface area contributed by atoms with Crippen LogP contribution in [0.2, 0.25) is 0 Å². The maximum atomic E-state index is 12.6. The lowest BCUT2D eigenvalue weighted by molar-refractivity contribution is 0.102. The first kappa shape index (κ1) is 16.7. The molecule has 25 heavy (non-hydrogen) atoms. The van der Waals surface area contributed by atoms with Crippen LogP contribution in [0.1, 0.15) is 26.9 Å². The van der Waals surface area contributed by atoms with Crippen LogP contribution in [-0.2, 0) is 0 Å². The Morgan fingerprint density at radius 2 is 1.80 bits per heavy atom. The largest absolute Gasteiger partial charge is 0.490 e. The fourth-order valence-corrected chi connectivity index (χ4v) is 5.66. The zero-order chi connectivity index (χ0) is 17.1. The van der Waals surface area contributed by atoms with Crippen molar-refractivity contribution in [2.75, 3.05) is 30.0 Å². The Balaban J connectivity index is 1.50. The molecule has 130 valence electrons. The fourth-order valence-electron chi connectivity index (χ4n) is 2.82. The normalized spacial score (nSPS) is 17.1. The van der Waals surface area contributed by atoms with Gasteiger partial charge in [0.2, 0.25) is 0 Å². The molecule has 0 aromatic heterocycles. The predicted octanol–water partition coefficient (Wildman–Crippen LogP) is 4.58. The van der Waals surface area contributed by atoms with Crippen molar-refractivity contribution in [3.05, 3.63) is 53.6 Å². The number of amides is 1. The lowest BCUT2D eigenvalue weighted by Gasteiger charge is -2.12. The molecule has 2 aliphatic heterocycles. The number of carbonyl (C=O) groups excluding carboxylic acids is 1. The monoisotopic (exact) mass is 373 g/mol. The lowest BCUT2D eigenvalue weighted by atomic mass is 10.1. The van der Waals surface area contributed by atoms with Gasteiger partial charge in [0.25, 0.3) is 5.91 Å². The molecular weight excluding hydrogens is 354 g/mol. The van der Waals surface area contributed by atoms with E-state index in [2.05, 4.69) is 17.4 Å². The second-order valence-corrected chi connectivity index (χ2v) is 8.59. The summed E-state index contributed by atoms with van der Waals surface area (Å²) in [4.78, 5) is 12.6. The van der Waals surface area contributed by atoms with Gasteiger partial charge in [-0.25, -0.2) is 0 Å². The van der Waals surface area contributed by atoms with E-state index in [1.165, 1.54) is 17.1 Å². The van der Waals surface area contributed by atoms with E-state index in [4.69, 9.17) is 9.47 Å². The molecule has 4 rings (SSSR count). The third-order valence-corrected chi connectivity index (χ3v) is 7.15. The van der Waals surface area contributed by atoms with Gasteiger partial charge in [0.1, 0.15) is 0 Å². The molecule has 0 atom stereocenters. The number of ether oxygens (including phenoxy) is 2. The van der Waals surface area contributed by atoms with E-state index in [1.807, 2.05) is 35.7 Å². The maximum Gasteiger partial charge on any atom is 0.255 e. The molecule has 2 aromatic rings. The van der Waals surface area contributed by atoms with Crippen LogP contribution in [0.15, 0.2) is 42.5 Å². The van der Waals surface area contributed by atoms with Crippen LogP contribution >= 0.6 is 23.5 Å². The van der Waals surface area contributed by atoms with E-state index in [9.17, 15) is 4.79 Å². The van der Waals surface area contributed by atoms with Gasteiger partial charge in [-0.3, -0.25) is 4.79 Å². The maximum absolute atomic E-state index is 12.6. The molecule has 1 fully saturated rings. The minimum Gasteiger partial charge on any atom is -0.490 e. The first-order valence-corrected chi connectivity index (χ1v) is 10.4. The van der Waals surface area contributed by atoms with E-state index in [0.717, 1.165) is 12.1 Å². The number of thioether (sulfide) groups is 2. The van der Waals surface area contributed by atoms with Crippen LogP contribution in [0, 0.1) is 0 Å². The Morgan fingerprint density at radius 1 is 1.00 bits per heavy atom. The van der Waals surface area contributed by atoms with Gasteiger partial charge in [-0.15, -0.1) is 23.5 Å². The summed E-state index contributed by atoms with van der Waals surface area (Å²) in [5.74, 6) is 3.56. The van der Waals surface area contributed by atoms with Gasteiger partial charge in [-0.05, 0) is 35.9 Å². The van der Waals surface area contributed by atoms with E-state index < -0.39 is 0 Å². The standard InChI is InChI=1S/C19H19NO3S2/c21-18(13-5-6-16-17(12-13)23-8-2-7-22-16)20-15-4-1-3-14(11-15)19-24-9-10-25-19/h1,3-6,11-12,19H,2,7-10H2,(H,20,21). The van der Waals surface area contributed by atoms with E-state index in [0.29, 0.717) is 34.9 Å². The Bertz CT molecular complexity index is 775. The number of anilines is 1. The lowest BCUT2D eigenvalue weighted by Crippen LogP contribution is -2.12. The molecule has 2 aromatic carbocycles. The van der Waals surface area contributed by atoms with Crippen molar-refractivity contribution < 1.29 is 14.3 Å². The second-order valence-electron chi connectivity index (χ2n) is 5.87. The van der Waals surface area contributed by atoms with Crippen molar-refractivity contribution in [2.45, 2.75) is 11.0 Å². The highest BCUT2D eigenvalue weighted by molar-refractivity contribution is 8.19. The van der Waals surface area contributed by atoms with Gasteiger partial charge in [0.15, 0.2) is 11.5 Å². The third kappa shape index (κ3) is 3.90. The Labute approximate surface area is 155 Å². The number of fused-ring (bicyclic) bond motifs is 1. The van der Waals surface area contributed by atoms with Crippen molar-refractivity contribution >= 4 is 35.1 Å². The molecule has 2 heterocycles.